The van der Waals surface area contributed by atoms with E-state index in [4.69, 9.17) is 14.2 Å². The van der Waals surface area contributed by atoms with Crippen molar-refractivity contribution in [3.8, 4) is 17.2 Å². The van der Waals surface area contributed by atoms with Crippen LogP contribution < -0.4 is 30.2 Å². The summed E-state index contributed by atoms with van der Waals surface area (Å²) >= 11 is 0. The summed E-state index contributed by atoms with van der Waals surface area (Å²) in [6.45, 7) is 4.10. The number of halogens is 1. The fourth-order valence-corrected chi connectivity index (χ4v) is 2.92. The van der Waals surface area contributed by atoms with E-state index >= 15 is 0 Å². The van der Waals surface area contributed by atoms with Crippen molar-refractivity contribution in [3.05, 3.63) is 53.6 Å². The second kappa shape index (κ2) is 15.2. The Hall–Kier alpha value is -2.69. The summed E-state index contributed by atoms with van der Waals surface area (Å²) in [6, 6.07) is 13.6. The number of carbonyl (C=O) groups is 1. The molecule has 1 amide bonds. The Labute approximate surface area is 207 Å². The van der Waals surface area contributed by atoms with E-state index in [0.717, 1.165) is 11.1 Å². The SMILES string of the molecule is CCNC(=NCc1cc(OC)c(OC)c(OC)c1)NCCC(=O)NCc1ccccc1.I. The number of nitrogens with one attached hydrogen (secondary N) is 3. The van der Waals surface area contributed by atoms with Gasteiger partial charge in [0.25, 0.3) is 0 Å². The topological polar surface area (TPSA) is 93.2 Å². The molecule has 9 heteroatoms. The minimum Gasteiger partial charge on any atom is -0.493 e. The molecule has 0 aromatic heterocycles. The summed E-state index contributed by atoms with van der Waals surface area (Å²) in [5.41, 5.74) is 1.98. The Bertz CT molecular complexity index is 837. The molecule has 176 valence electrons. The van der Waals surface area contributed by atoms with Crippen LogP contribution in [0.2, 0.25) is 0 Å². The van der Waals surface area contributed by atoms with Gasteiger partial charge in [0, 0.05) is 26.1 Å². The van der Waals surface area contributed by atoms with Crippen molar-refractivity contribution in [1.82, 2.24) is 16.0 Å². The maximum atomic E-state index is 12.1. The molecule has 0 radical (unpaired) electrons. The van der Waals surface area contributed by atoms with Crippen molar-refractivity contribution in [2.24, 2.45) is 4.99 Å². The van der Waals surface area contributed by atoms with Gasteiger partial charge in [-0.2, -0.15) is 0 Å². The molecular formula is C23H33IN4O4. The Kier molecular flexibility index (Phi) is 13.0. The average molecular weight is 556 g/mol. The van der Waals surface area contributed by atoms with Gasteiger partial charge in [-0.05, 0) is 30.2 Å². The van der Waals surface area contributed by atoms with E-state index in [0.29, 0.717) is 55.8 Å². The van der Waals surface area contributed by atoms with Gasteiger partial charge in [-0.15, -0.1) is 24.0 Å². The van der Waals surface area contributed by atoms with Gasteiger partial charge >= 0.3 is 0 Å². The number of amides is 1. The fraction of sp³-hybridized carbons (Fsp3) is 0.391. The highest BCUT2D eigenvalue weighted by molar-refractivity contribution is 14.0. The van der Waals surface area contributed by atoms with Gasteiger partial charge in [0.05, 0.1) is 27.9 Å². The number of nitrogens with zero attached hydrogens (tertiary/aromatic N) is 1. The van der Waals surface area contributed by atoms with Crippen molar-refractivity contribution in [2.75, 3.05) is 34.4 Å². The van der Waals surface area contributed by atoms with E-state index in [1.165, 1.54) is 0 Å². The number of carbonyl (C=O) groups excluding carboxylic acids is 1. The lowest BCUT2D eigenvalue weighted by molar-refractivity contribution is -0.121. The molecule has 0 spiro atoms. The van der Waals surface area contributed by atoms with Crippen molar-refractivity contribution >= 4 is 35.8 Å². The first-order valence-corrected chi connectivity index (χ1v) is 10.2. The highest BCUT2D eigenvalue weighted by Crippen LogP contribution is 2.38. The molecule has 3 N–H and O–H groups in total. The lowest BCUT2D eigenvalue weighted by Crippen LogP contribution is -2.39. The smallest absolute Gasteiger partial charge is 0.222 e. The van der Waals surface area contributed by atoms with Crippen LogP contribution in [0.3, 0.4) is 0 Å². The number of benzene rings is 2. The van der Waals surface area contributed by atoms with Crippen LogP contribution in [-0.4, -0.2) is 46.3 Å². The molecule has 0 aliphatic carbocycles. The molecule has 2 aromatic carbocycles. The summed E-state index contributed by atoms with van der Waals surface area (Å²) in [7, 11) is 4.74. The van der Waals surface area contributed by atoms with Crippen LogP contribution in [0.4, 0.5) is 0 Å². The summed E-state index contributed by atoms with van der Waals surface area (Å²) < 4.78 is 16.1. The molecule has 8 nitrogen and oxygen atoms in total. The van der Waals surface area contributed by atoms with Crippen LogP contribution in [0.5, 0.6) is 17.2 Å². The van der Waals surface area contributed by atoms with Gasteiger partial charge < -0.3 is 30.2 Å². The third-order valence-electron chi connectivity index (χ3n) is 4.47. The van der Waals surface area contributed by atoms with E-state index in [-0.39, 0.29) is 29.9 Å². The number of hydrogen-bond donors (Lipinski definition) is 3. The summed E-state index contributed by atoms with van der Waals surface area (Å²) in [4.78, 5) is 16.7. The van der Waals surface area contributed by atoms with Gasteiger partial charge in [-0.1, -0.05) is 30.3 Å². The zero-order valence-corrected chi connectivity index (χ0v) is 21.4. The van der Waals surface area contributed by atoms with E-state index in [2.05, 4.69) is 20.9 Å². The summed E-state index contributed by atoms with van der Waals surface area (Å²) in [5, 5.41) is 9.29. The average Bonchev–Trinajstić information content (AvgIpc) is 2.81. The number of aliphatic imine (C=N–C) groups is 1. The van der Waals surface area contributed by atoms with Crippen LogP contribution in [-0.2, 0) is 17.9 Å². The maximum absolute atomic E-state index is 12.1. The van der Waals surface area contributed by atoms with E-state index in [1.54, 1.807) is 21.3 Å². The lowest BCUT2D eigenvalue weighted by Gasteiger charge is -2.14. The first-order chi connectivity index (χ1) is 15.1. The Balaban J connectivity index is 0.00000512. The summed E-state index contributed by atoms with van der Waals surface area (Å²) in [6.07, 6.45) is 0.349. The van der Waals surface area contributed by atoms with Gasteiger partial charge in [0.2, 0.25) is 11.7 Å². The molecule has 0 saturated heterocycles. The largest absolute Gasteiger partial charge is 0.493 e. The lowest BCUT2D eigenvalue weighted by atomic mass is 10.2. The zero-order valence-electron chi connectivity index (χ0n) is 19.1. The van der Waals surface area contributed by atoms with E-state index in [9.17, 15) is 4.79 Å². The van der Waals surface area contributed by atoms with Crippen molar-refractivity contribution in [3.63, 3.8) is 0 Å². The molecule has 0 heterocycles. The summed E-state index contributed by atoms with van der Waals surface area (Å²) in [5.74, 6) is 2.33. The molecule has 0 bridgehead atoms. The third-order valence-corrected chi connectivity index (χ3v) is 4.47. The monoisotopic (exact) mass is 556 g/mol. The molecule has 2 rings (SSSR count). The highest BCUT2D eigenvalue weighted by atomic mass is 127. The highest BCUT2D eigenvalue weighted by Gasteiger charge is 2.13. The zero-order chi connectivity index (χ0) is 22.5. The fourth-order valence-electron chi connectivity index (χ4n) is 2.92. The number of hydrogen-bond acceptors (Lipinski definition) is 5. The number of rotatable bonds is 11. The Morgan fingerprint density at radius 2 is 1.56 bits per heavy atom. The number of guanidine groups is 1. The van der Waals surface area contributed by atoms with Gasteiger partial charge in [-0.25, -0.2) is 4.99 Å². The molecule has 0 fully saturated rings. The first-order valence-electron chi connectivity index (χ1n) is 10.2. The number of ether oxygens (including phenoxy) is 3. The molecule has 0 unspecified atom stereocenters. The van der Waals surface area contributed by atoms with Crippen LogP contribution in [0.15, 0.2) is 47.5 Å². The third kappa shape index (κ3) is 8.81. The van der Waals surface area contributed by atoms with E-state index < -0.39 is 0 Å². The molecular weight excluding hydrogens is 523 g/mol. The molecule has 0 aliphatic rings. The molecule has 0 saturated carbocycles. The Morgan fingerprint density at radius 1 is 0.906 bits per heavy atom. The van der Waals surface area contributed by atoms with Gasteiger partial charge in [-0.3, -0.25) is 4.79 Å². The van der Waals surface area contributed by atoms with Crippen molar-refractivity contribution in [2.45, 2.75) is 26.4 Å². The molecule has 0 aliphatic heterocycles. The van der Waals surface area contributed by atoms with E-state index in [1.807, 2.05) is 49.4 Å². The molecule has 2 aromatic rings. The second-order valence-corrected chi connectivity index (χ2v) is 6.67. The normalized spacial score (nSPS) is 10.6. The number of methoxy groups -OCH3 is 3. The maximum Gasteiger partial charge on any atom is 0.222 e. The van der Waals surface area contributed by atoms with Gasteiger partial charge in [0.15, 0.2) is 17.5 Å². The van der Waals surface area contributed by atoms with Crippen molar-refractivity contribution in [1.29, 1.82) is 0 Å². The van der Waals surface area contributed by atoms with Crippen LogP contribution in [0, 0.1) is 0 Å². The molecule has 32 heavy (non-hydrogen) atoms. The van der Waals surface area contributed by atoms with Crippen LogP contribution in [0.25, 0.3) is 0 Å². The van der Waals surface area contributed by atoms with Crippen molar-refractivity contribution < 1.29 is 19.0 Å². The second-order valence-electron chi connectivity index (χ2n) is 6.67. The van der Waals surface area contributed by atoms with Crippen LogP contribution >= 0.6 is 24.0 Å². The molecule has 0 atom stereocenters. The van der Waals surface area contributed by atoms with Crippen LogP contribution in [0.1, 0.15) is 24.5 Å². The van der Waals surface area contributed by atoms with Gasteiger partial charge in [0.1, 0.15) is 0 Å². The minimum atomic E-state index is -0.0168. The predicted octanol–water partition coefficient (Wildman–Crippen LogP) is 3.09. The first kappa shape index (κ1) is 27.3. The predicted molar refractivity (Wildman–Crippen MR) is 137 cm³/mol. The Morgan fingerprint density at radius 3 is 2.12 bits per heavy atom. The minimum absolute atomic E-state index is 0. The standard InChI is InChI=1S/C23H32N4O4.HI/c1-5-24-23(25-12-11-21(28)26-15-17-9-7-6-8-10-17)27-16-18-13-19(29-2)22(31-4)20(14-18)30-3;/h6-10,13-14H,5,11-12,15-16H2,1-4H3,(H,26,28)(H2,24,25,27);1H. The quantitative estimate of drug-likeness (QED) is 0.224.